The van der Waals surface area contributed by atoms with E-state index in [1.807, 2.05) is 0 Å². The van der Waals surface area contributed by atoms with Crippen molar-refractivity contribution in [1.82, 2.24) is 0 Å². The fourth-order valence-corrected chi connectivity index (χ4v) is 2.18. The first kappa shape index (κ1) is 27.5. The number of hydrogen-bond acceptors (Lipinski definition) is 4. The van der Waals surface area contributed by atoms with Crippen LogP contribution in [0.4, 0.5) is 52.7 Å². The van der Waals surface area contributed by atoms with Gasteiger partial charge in [-0.15, -0.1) is 0 Å². The highest BCUT2D eigenvalue weighted by molar-refractivity contribution is 5.34. The van der Waals surface area contributed by atoms with E-state index in [2.05, 4.69) is 18.9 Å². The Morgan fingerprint density at radius 3 is 0.943 bits per heavy atom. The molecule has 2 aromatic carbocycles. The molecule has 35 heavy (non-hydrogen) atoms. The van der Waals surface area contributed by atoms with Gasteiger partial charge in [0.25, 0.3) is 0 Å². The van der Waals surface area contributed by atoms with Crippen molar-refractivity contribution in [3.05, 3.63) is 72.7 Å². The van der Waals surface area contributed by atoms with E-state index < -0.39 is 65.3 Å². The van der Waals surface area contributed by atoms with E-state index in [-0.39, 0.29) is 0 Å². The second kappa shape index (κ2) is 10.3. The van der Waals surface area contributed by atoms with Gasteiger partial charge in [-0.1, -0.05) is 0 Å². The largest absolute Gasteiger partial charge is 0.478 e. The Bertz CT molecular complexity index is 977. The topological polar surface area (TPSA) is 36.9 Å². The molecular weight excluding hydrogens is 520 g/mol. The van der Waals surface area contributed by atoms with Crippen LogP contribution in [0.15, 0.2) is 72.7 Å². The first-order valence-corrected chi connectivity index (χ1v) is 8.54. The zero-order valence-electron chi connectivity index (χ0n) is 16.3. The van der Waals surface area contributed by atoms with Gasteiger partial charge in [-0.05, 0) is 48.5 Å². The van der Waals surface area contributed by atoms with Gasteiger partial charge in [0, 0.05) is 0 Å². The third kappa shape index (κ3) is 6.66. The average Bonchev–Trinajstić information content (AvgIpc) is 2.74. The Morgan fingerprint density at radius 1 is 0.457 bits per heavy atom. The van der Waals surface area contributed by atoms with Gasteiger partial charge in [0.05, 0.1) is 0 Å². The van der Waals surface area contributed by atoms with Crippen LogP contribution in [0.25, 0.3) is 0 Å². The molecule has 0 aliphatic carbocycles. The van der Waals surface area contributed by atoms with Gasteiger partial charge in [0.15, 0.2) is 0 Å². The monoisotopic (exact) mass is 528 g/mol. The average molecular weight is 528 g/mol. The van der Waals surface area contributed by atoms with Gasteiger partial charge >= 0.3 is 42.3 Å². The molecule has 0 unspecified atom stereocenters. The van der Waals surface area contributed by atoms with Gasteiger partial charge in [-0.25, -0.2) is 0 Å². The van der Waals surface area contributed by atoms with Crippen molar-refractivity contribution in [3.8, 4) is 23.0 Å². The lowest BCUT2D eigenvalue weighted by Crippen LogP contribution is -2.65. The Kier molecular flexibility index (Phi) is 8.08. The number of benzene rings is 2. The lowest BCUT2D eigenvalue weighted by molar-refractivity contribution is -0.422. The lowest BCUT2D eigenvalue weighted by Gasteiger charge is -2.36. The summed E-state index contributed by atoms with van der Waals surface area (Å²) in [4.78, 5) is 0. The Balaban J connectivity index is 2.39. The van der Waals surface area contributed by atoms with Gasteiger partial charge in [-0.2, -0.15) is 52.7 Å². The Labute approximate surface area is 186 Å². The molecule has 0 N–H and O–H groups in total. The van der Waals surface area contributed by atoms with Crippen molar-refractivity contribution >= 4 is 0 Å². The quantitative estimate of drug-likeness (QED) is 0.199. The van der Waals surface area contributed by atoms with E-state index in [4.69, 9.17) is 0 Å². The molecule has 2 rings (SSSR count). The summed E-state index contributed by atoms with van der Waals surface area (Å²) in [6.45, 7) is 0. The Morgan fingerprint density at radius 2 is 0.714 bits per heavy atom. The molecule has 16 heteroatoms. The summed E-state index contributed by atoms with van der Waals surface area (Å²) >= 11 is 0. The minimum atomic E-state index is -6.30. The van der Waals surface area contributed by atoms with Crippen LogP contribution in [0, 0.1) is 0 Å². The van der Waals surface area contributed by atoms with E-state index >= 15 is 0 Å². The number of ether oxygens (including phenoxy) is 4. The van der Waals surface area contributed by atoms with E-state index in [1.165, 1.54) is 0 Å². The maximum atomic E-state index is 13.6. The van der Waals surface area contributed by atoms with Crippen LogP contribution in [-0.2, 0) is 0 Å². The highest BCUT2D eigenvalue weighted by Gasteiger charge is 2.77. The number of rotatable bonds is 8. The van der Waals surface area contributed by atoms with Crippen LogP contribution in [0.1, 0.15) is 0 Å². The third-order valence-corrected chi connectivity index (χ3v) is 3.63. The van der Waals surface area contributed by atoms with Crippen molar-refractivity contribution in [2.24, 2.45) is 0 Å². The molecule has 0 spiro atoms. The Hall–Kier alpha value is -3.72. The van der Waals surface area contributed by atoms with Crippen molar-refractivity contribution < 1.29 is 71.6 Å². The second-order valence-corrected chi connectivity index (χ2v) is 6.03. The maximum absolute atomic E-state index is 13.6. The lowest BCUT2D eigenvalue weighted by atomic mass is 10.2. The molecule has 0 heterocycles. The van der Waals surface area contributed by atoms with E-state index in [9.17, 15) is 52.7 Å². The zero-order chi connectivity index (χ0) is 26.6. The highest BCUT2D eigenvalue weighted by atomic mass is 19.4. The summed E-state index contributed by atoms with van der Waals surface area (Å²) in [6, 6.07) is -1.00. The second-order valence-electron chi connectivity index (χ2n) is 6.03. The molecule has 2 aromatic rings. The standard InChI is InChI=1S/C19H8F12O4/c20-13(21)15(24)32-9-1-5-11(6-2-9)34-17(18(26,27)28,19(29,30)31)35-12-7-3-10(4-8-12)33-16(25)14(22)23/h1-8H. The van der Waals surface area contributed by atoms with E-state index in [0.29, 0.717) is 48.5 Å². The van der Waals surface area contributed by atoms with E-state index in [0.717, 1.165) is 0 Å². The molecule has 0 atom stereocenters. The maximum Gasteiger partial charge on any atom is 0.478 e. The molecule has 0 amide bonds. The van der Waals surface area contributed by atoms with E-state index in [1.54, 1.807) is 0 Å². The smallest absolute Gasteiger partial charge is 0.438 e. The molecule has 0 saturated carbocycles. The summed E-state index contributed by atoms with van der Waals surface area (Å²) in [5, 5.41) is 0. The fourth-order valence-electron chi connectivity index (χ4n) is 2.18. The van der Waals surface area contributed by atoms with Crippen LogP contribution in [0.5, 0.6) is 23.0 Å². The highest BCUT2D eigenvalue weighted by Crippen LogP contribution is 2.47. The molecule has 192 valence electrons. The summed E-state index contributed by atoms with van der Waals surface area (Å²) < 4.78 is 172. The van der Waals surface area contributed by atoms with Crippen LogP contribution in [0.3, 0.4) is 0 Å². The summed E-state index contributed by atoms with van der Waals surface area (Å²) in [7, 11) is 0. The molecule has 0 bridgehead atoms. The van der Waals surface area contributed by atoms with Crippen LogP contribution in [0.2, 0.25) is 0 Å². The molecule has 0 fully saturated rings. The molecule has 0 aliphatic rings. The van der Waals surface area contributed by atoms with Crippen molar-refractivity contribution in [2.75, 3.05) is 0 Å². The summed E-state index contributed by atoms with van der Waals surface area (Å²) in [5.74, 6) is -9.13. The van der Waals surface area contributed by atoms with Crippen molar-refractivity contribution in [2.45, 2.75) is 18.1 Å². The molecule has 4 nitrogen and oxygen atoms in total. The third-order valence-electron chi connectivity index (χ3n) is 3.63. The number of halogens is 12. The van der Waals surface area contributed by atoms with Gasteiger partial charge in [-0.3, -0.25) is 0 Å². The van der Waals surface area contributed by atoms with Crippen LogP contribution >= 0.6 is 0 Å². The molecule has 0 saturated heterocycles. The normalized spacial score (nSPS) is 12.0. The SMILES string of the molecule is FC(F)=C(F)Oc1ccc(OC(Oc2ccc(OC(F)=C(F)F)cc2)(C(F)(F)F)C(F)(F)F)cc1. The van der Waals surface area contributed by atoms with Crippen molar-refractivity contribution in [3.63, 3.8) is 0 Å². The molecule has 0 aliphatic heterocycles. The number of hydrogen-bond donors (Lipinski definition) is 0. The molecular formula is C19H8F12O4. The zero-order valence-corrected chi connectivity index (χ0v) is 16.3. The van der Waals surface area contributed by atoms with Crippen LogP contribution < -0.4 is 18.9 Å². The predicted octanol–water partition coefficient (Wildman–Crippen LogP) is 7.79. The molecule has 0 radical (unpaired) electrons. The summed E-state index contributed by atoms with van der Waals surface area (Å²) in [5.41, 5.74) is 0. The molecule has 0 aromatic heterocycles. The predicted molar refractivity (Wildman–Crippen MR) is 90.9 cm³/mol. The minimum absolute atomic E-state index is 0.409. The minimum Gasteiger partial charge on any atom is -0.438 e. The summed E-state index contributed by atoms with van der Waals surface area (Å²) in [6.07, 6.45) is -18.4. The first-order valence-electron chi connectivity index (χ1n) is 8.54. The number of alkyl halides is 6. The van der Waals surface area contributed by atoms with Gasteiger partial charge in [0.2, 0.25) is 0 Å². The fraction of sp³-hybridized carbons (Fsp3) is 0.158. The van der Waals surface area contributed by atoms with Gasteiger partial charge in [0.1, 0.15) is 23.0 Å². The van der Waals surface area contributed by atoms with Crippen LogP contribution in [-0.4, -0.2) is 18.1 Å². The first-order chi connectivity index (χ1) is 16.1. The van der Waals surface area contributed by atoms with Crippen molar-refractivity contribution in [1.29, 1.82) is 0 Å². The van der Waals surface area contributed by atoms with Gasteiger partial charge < -0.3 is 18.9 Å².